The Kier molecular flexibility index (Phi) is 2.82. The summed E-state index contributed by atoms with van der Waals surface area (Å²) >= 11 is 2.02. The topological polar surface area (TPSA) is 12.0 Å². The summed E-state index contributed by atoms with van der Waals surface area (Å²) in [6.45, 7) is 7.54. The molecule has 1 N–H and O–H groups in total. The lowest BCUT2D eigenvalue weighted by Crippen LogP contribution is -2.45. The van der Waals surface area contributed by atoms with Gasteiger partial charge in [-0.2, -0.15) is 0 Å². The molecule has 2 aliphatic carbocycles. The van der Waals surface area contributed by atoms with E-state index in [1.165, 1.54) is 35.5 Å². The van der Waals surface area contributed by atoms with Gasteiger partial charge in [0.25, 0.3) is 0 Å². The van der Waals surface area contributed by atoms with Gasteiger partial charge in [-0.05, 0) is 47.6 Å². The largest absolute Gasteiger partial charge is 0.306 e. The first-order chi connectivity index (χ1) is 9.52. The van der Waals surface area contributed by atoms with Gasteiger partial charge in [0.2, 0.25) is 0 Å². The molecule has 1 nitrogen and oxygen atoms in total. The maximum atomic E-state index is 4.04. The van der Waals surface area contributed by atoms with Crippen molar-refractivity contribution in [3.05, 3.63) is 29.8 Å². The Bertz CT molecular complexity index is 538. The maximum Gasteiger partial charge on any atom is 0.0428 e. The molecule has 0 radical (unpaired) electrons. The lowest BCUT2D eigenvalue weighted by Gasteiger charge is -2.40. The van der Waals surface area contributed by atoms with Crippen LogP contribution in [0.3, 0.4) is 0 Å². The van der Waals surface area contributed by atoms with E-state index in [1.54, 1.807) is 0 Å². The molecule has 20 heavy (non-hydrogen) atoms. The highest BCUT2D eigenvalue weighted by molar-refractivity contribution is 7.99. The van der Waals surface area contributed by atoms with E-state index in [4.69, 9.17) is 0 Å². The van der Waals surface area contributed by atoms with Gasteiger partial charge in [0.15, 0.2) is 0 Å². The van der Waals surface area contributed by atoms with Crippen LogP contribution in [0.2, 0.25) is 0 Å². The number of benzene rings is 1. The van der Waals surface area contributed by atoms with Gasteiger partial charge in [-0.3, -0.25) is 0 Å². The molecule has 1 aromatic carbocycles. The number of rotatable bonds is 2. The number of thioether (sulfide) groups is 1. The minimum atomic E-state index is 0.486. The molecule has 0 aromatic heterocycles. The SMILES string of the molecule is CC1(C)C2CCC1(C)C(NC1CSc3ccccc31)C2. The van der Waals surface area contributed by atoms with Crippen LogP contribution >= 0.6 is 11.8 Å². The lowest BCUT2D eigenvalue weighted by molar-refractivity contribution is 0.116. The van der Waals surface area contributed by atoms with Crippen molar-refractivity contribution in [2.45, 2.75) is 57.0 Å². The van der Waals surface area contributed by atoms with E-state index in [0.717, 1.165) is 5.92 Å². The third kappa shape index (κ3) is 1.61. The zero-order valence-electron chi connectivity index (χ0n) is 12.8. The molecular weight excluding hydrogens is 262 g/mol. The molecule has 2 bridgehead atoms. The minimum absolute atomic E-state index is 0.486. The first-order valence-corrected chi connectivity index (χ1v) is 8.99. The summed E-state index contributed by atoms with van der Waals surface area (Å²) in [6, 6.07) is 10.2. The van der Waals surface area contributed by atoms with Gasteiger partial charge in [-0.15, -0.1) is 11.8 Å². The van der Waals surface area contributed by atoms with E-state index < -0.39 is 0 Å². The van der Waals surface area contributed by atoms with Crippen LogP contribution in [0.25, 0.3) is 0 Å². The molecule has 4 unspecified atom stereocenters. The summed E-state index contributed by atoms with van der Waals surface area (Å²) in [6.07, 6.45) is 4.23. The van der Waals surface area contributed by atoms with Gasteiger partial charge in [0, 0.05) is 22.7 Å². The van der Waals surface area contributed by atoms with Crippen LogP contribution in [0.1, 0.15) is 51.6 Å². The van der Waals surface area contributed by atoms with E-state index in [1.807, 2.05) is 11.8 Å². The lowest BCUT2D eigenvalue weighted by atomic mass is 9.69. The van der Waals surface area contributed by atoms with Crippen LogP contribution < -0.4 is 5.32 Å². The molecule has 2 heteroatoms. The van der Waals surface area contributed by atoms with Crippen LogP contribution in [0, 0.1) is 16.7 Å². The Labute approximate surface area is 126 Å². The van der Waals surface area contributed by atoms with E-state index in [0.29, 0.717) is 22.9 Å². The number of nitrogens with one attached hydrogen (secondary N) is 1. The molecule has 3 aliphatic rings. The Morgan fingerprint density at radius 2 is 2.00 bits per heavy atom. The van der Waals surface area contributed by atoms with Crippen molar-refractivity contribution >= 4 is 11.8 Å². The van der Waals surface area contributed by atoms with E-state index in [2.05, 4.69) is 50.4 Å². The third-order valence-electron chi connectivity index (χ3n) is 6.90. The zero-order valence-corrected chi connectivity index (χ0v) is 13.6. The smallest absolute Gasteiger partial charge is 0.0428 e. The van der Waals surface area contributed by atoms with Gasteiger partial charge in [0.05, 0.1) is 0 Å². The fourth-order valence-corrected chi connectivity index (χ4v) is 6.17. The van der Waals surface area contributed by atoms with Crippen LogP contribution in [0.5, 0.6) is 0 Å². The quantitative estimate of drug-likeness (QED) is 0.850. The molecular formula is C18H25NS. The van der Waals surface area contributed by atoms with E-state index >= 15 is 0 Å². The summed E-state index contributed by atoms with van der Waals surface area (Å²) in [4.78, 5) is 1.48. The fraction of sp³-hybridized carbons (Fsp3) is 0.667. The number of hydrogen-bond donors (Lipinski definition) is 1. The molecule has 4 atom stereocenters. The summed E-state index contributed by atoms with van der Waals surface area (Å²) < 4.78 is 0. The number of hydrogen-bond acceptors (Lipinski definition) is 2. The van der Waals surface area contributed by atoms with Gasteiger partial charge < -0.3 is 5.32 Å². The second-order valence-electron chi connectivity index (χ2n) is 7.73. The third-order valence-corrected chi connectivity index (χ3v) is 8.08. The number of fused-ring (bicyclic) bond motifs is 3. The molecule has 108 valence electrons. The van der Waals surface area contributed by atoms with Crippen molar-refractivity contribution in [1.29, 1.82) is 0 Å². The highest BCUT2D eigenvalue weighted by Gasteiger charge is 2.61. The second-order valence-corrected chi connectivity index (χ2v) is 8.79. The summed E-state index contributed by atoms with van der Waals surface area (Å²) in [5, 5.41) is 4.04. The van der Waals surface area contributed by atoms with E-state index in [9.17, 15) is 0 Å². The Balaban J connectivity index is 1.58. The molecule has 2 saturated carbocycles. The van der Waals surface area contributed by atoms with Gasteiger partial charge in [-0.25, -0.2) is 0 Å². The first-order valence-electron chi connectivity index (χ1n) is 8.00. The van der Waals surface area contributed by atoms with Crippen LogP contribution in [-0.2, 0) is 0 Å². The van der Waals surface area contributed by atoms with Crippen LogP contribution in [-0.4, -0.2) is 11.8 Å². The molecule has 4 rings (SSSR count). The van der Waals surface area contributed by atoms with Crippen molar-refractivity contribution < 1.29 is 0 Å². The van der Waals surface area contributed by atoms with Crippen molar-refractivity contribution in [3.8, 4) is 0 Å². The standard InChI is InChI=1S/C18H25NS/c1-17(2)12-8-9-18(17,3)16(10-12)19-14-11-20-15-7-5-4-6-13(14)15/h4-7,12,14,16,19H,8-11H2,1-3H3. The van der Waals surface area contributed by atoms with Crippen molar-refractivity contribution in [2.24, 2.45) is 16.7 Å². The average Bonchev–Trinajstić information content (AvgIpc) is 2.99. The van der Waals surface area contributed by atoms with Crippen LogP contribution in [0.15, 0.2) is 29.2 Å². The maximum absolute atomic E-state index is 4.04. The molecule has 0 saturated heterocycles. The monoisotopic (exact) mass is 287 g/mol. The predicted octanol–water partition coefficient (Wildman–Crippen LogP) is 4.64. The summed E-state index contributed by atoms with van der Waals surface area (Å²) in [7, 11) is 0. The molecule has 0 spiro atoms. The fourth-order valence-electron chi connectivity index (χ4n) is 5.00. The Hall–Kier alpha value is -0.470. The van der Waals surface area contributed by atoms with Gasteiger partial charge in [0.1, 0.15) is 0 Å². The minimum Gasteiger partial charge on any atom is -0.306 e. The normalized spacial score (nSPS) is 41.0. The molecule has 1 heterocycles. The highest BCUT2D eigenvalue weighted by atomic mass is 32.2. The van der Waals surface area contributed by atoms with Crippen LogP contribution in [0.4, 0.5) is 0 Å². The van der Waals surface area contributed by atoms with E-state index in [-0.39, 0.29) is 0 Å². The summed E-state index contributed by atoms with van der Waals surface area (Å²) in [5.74, 6) is 2.13. The zero-order chi connectivity index (χ0) is 14.0. The molecule has 1 aliphatic heterocycles. The van der Waals surface area contributed by atoms with Crippen molar-refractivity contribution in [3.63, 3.8) is 0 Å². The molecule has 2 fully saturated rings. The summed E-state index contributed by atoms with van der Waals surface area (Å²) in [5.41, 5.74) is 2.53. The molecule has 0 amide bonds. The first kappa shape index (κ1) is 13.2. The average molecular weight is 287 g/mol. The van der Waals surface area contributed by atoms with Crippen molar-refractivity contribution in [2.75, 3.05) is 5.75 Å². The second kappa shape index (κ2) is 4.27. The Morgan fingerprint density at radius 3 is 2.70 bits per heavy atom. The van der Waals surface area contributed by atoms with Crippen molar-refractivity contribution in [1.82, 2.24) is 5.32 Å². The molecule has 1 aromatic rings. The van der Waals surface area contributed by atoms with Gasteiger partial charge >= 0.3 is 0 Å². The highest BCUT2D eigenvalue weighted by Crippen LogP contribution is 2.65. The predicted molar refractivity (Wildman–Crippen MR) is 86.1 cm³/mol. The Morgan fingerprint density at radius 1 is 1.20 bits per heavy atom. The van der Waals surface area contributed by atoms with Gasteiger partial charge in [-0.1, -0.05) is 39.0 Å².